The van der Waals surface area contributed by atoms with Crippen LogP contribution < -0.4 is 0 Å². The molecule has 0 aromatic carbocycles. The van der Waals surface area contributed by atoms with Crippen molar-refractivity contribution < 1.29 is 9.47 Å². The number of rotatable bonds is 2. The van der Waals surface area contributed by atoms with Crippen molar-refractivity contribution in [2.45, 2.75) is 19.4 Å². The average Bonchev–Trinajstić information content (AvgIpc) is 2.86. The second kappa shape index (κ2) is 3.42. The van der Waals surface area contributed by atoms with Crippen molar-refractivity contribution in [1.82, 2.24) is 0 Å². The molecule has 2 aliphatic heterocycles. The molecule has 10 heavy (non-hydrogen) atoms. The van der Waals surface area contributed by atoms with E-state index >= 15 is 0 Å². The predicted molar refractivity (Wildman–Crippen MR) is 39.4 cm³/mol. The van der Waals surface area contributed by atoms with Crippen LogP contribution in [0.4, 0.5) is 0 Å². The summed E-state index contributed by atoms with van der Waals surface area (Å²) in [7, 11) is 0. The quantitative estimate of drug-likeness (QED) is 0.432. The zero-order valence-electron chi connectivity index (χ0n) is 6.17. The van der Waals surface area contributed by atoms with Gasteiger partial charge < -0.3 is 9.47 Å². The van der Waals surface area contributed by atoms with Crippen molar-refractivity contribution in [2.24, 2.45) is 0 Å². The summed E-state index contributed by atoms with van der Waals surface area (Å²) in [5.74, 6) is 1.13. The van der Waals surface area contributed by atoms with Gasteiger partial charge in [0.2, 0.25) is 0 Å². The Balaban J connectivity index is 0.0000001000. The molecule has 0 saturated carbocycles. The van der Waals surface area contributed by atoms with E-state index in [0.717, 1.165) is 18.8 Å². The Hall–Kier alpha value is -0.760. The van der Waals surface area contributed by atoms with E-state index in [1.165, 1.54) is 0 Å². The van der Waals surface area contributed by atoms with Crippen molar-refractivity contribution >= 4 is 0 Å². The molecule has 0 aromatic heterocycles. The number of ether oxygens (including phenoxy) is 2. The highest BCUT2D eigenvalue weighted by Gasteiger charge is 2.16. The highest BCUT2D eigenvalue weighted by Crippen LogP contribution is 2.15. The number of allylic oxidation sites excluding steroid dienone is 1. The number of hydrogen-bond donors (Lipinski definition) is 0. The monoisotopic (exact) mass is 140 g/mol. The normalized spacial score (nSPS) is 24.9. The SMILES string of the molecule is C=CC1CO1.CCC1=CO1. The zero-order valence-corrected chi connectivity index (χ0v) is 6.17. The van der Waals surface area contributed by atoms with E-state index in [2.05, 4.69) is 18.2 Å². The summed E-state index contributed by atoms with van der Waals surface area (Å²) in [6, 6.07) is 0. The van der Waals surface area contributed by atoms with E-state index < -0.39 is 0 Å². The molecule has 2 rings (SSSR count). The van der Waals surface area contributed by atoms with E-state index in [4.69, 9.17) is 4.74 Å². The van der Waals surface area contributed by atoms with Crippen molar-refractivity contribution in [3.8, 4) is 0 Å². The first-order valence-corrected chi connectivity index (χ1v) is 3.46. The van der Waals surface area contributed by atoms with Crippen LogP contribution in [-0.2, 0) is 9.47 Å². The van der Waals surface area contributed by atoms with E-state index in [-0.39, 0.29) is 0 Å². The van der Waals surface area contributed by atoms with Gasteiger partial charge in [0.25, 0.3) is 0 Å². The minimum Gasteiger partial charge on any atom is -0.463 e. The molecule has 0 bridgehead atoms. The maximum atomic E-state index is 4.74. The Bertz CT molecular complexity index is 145. The molecule has 2 heteroatoms. The second-order valence-electron chi connectivity index (χ2n) is 2.16. The van der Waals surface area contributed by atoms with E-state index in [1.54, 1.807) is 12.3 Å². The molecule has 0 radical (unpaired) electrons. The summed E-state index contributed by atoms with van der Waals surface area (Å²) < 4.78 is 9.39. The largest absolute Gasteiger partial charge is 0.463 e. The lowest BCUT2D eigenvalue weighted by molar-refractivity contribution is 0.440. The number of hydrogen-bond acceptors (Lipinski definition) is 2. The lowest BCUT2D eigenvalue weighted by atomic mass is 10.5. The van der Waals surface area contributed by atoms with Gasteiger partial charge in [-0.15, -0.1) is 6.58 Å². The van der Waals surface area contributed by atoms with E-state index in [9.17, 15) is 0 Å². The van der Waals surface area contributed by atoms with Crippen LogP contribution in [0.15, 0.2) is 24.7 Å². The van der Waals surface area contributed by atoms with Gasteiger partial charge >= 0.3 is 0 Å². The van der Waals surface area contributed by atoms with Crippen molar-refractivity contribution in [3.63, 3.8) is 0 Å². The fraction of sp³-hybridized carbons (Fsp3) is 0.500. The molecule has 1 unspecified atom stereocenters. The van der Waals surface area contributed by atoms with Gasteiger partial charge in [-0.3, -0.25) is 0 Å². The Morgan fingerprint density at radius 2 is 2.50 bits per heavy atom. The van der Waals surface area contributed by atoms with Crippen molar-refractivity contribution in [1.29, 1.82) is 0 Å². The third-order valence-corrected chi connectivity index (χ3v) is 1.25. The van der Waals surface area contributed by atoms with Crippen LogP contribution in [0.2, 0.25) is 0 Å². The summed E-state index contributed by atoms with van der Waals surface area (Å²) in [6.07, 6.45) is 5.02. The topological polar surface area (TPSA) is 25.1 Å². The highest BCUT2D eigenvalue weighted by molar-refractivity contribution is 5.00. The molecule has 0 spiro atoms. The fourth-order valence-electron chi connectivity index (χ4n) is 0.400. The molecule has 2 aliphatic rings. The van der Waals surface area contributed by atoms with Crippen molar-refractivity contribution in [3.05, 3.63) is 24.7 Å². The van der Waals surface area contributed by atoms with Crippen LogP contribution in [0.5, 0.6) is 0 Å². The van der Waals surface area contributed by atoms with Gasteiger partial charge in [0.05, 0.1) is 12.7 Å². The molecular weight excluding hydrogens is 128 g/mol. The van der Waals surface area contributed by atoms with Crippen LogP contribution in [0.25, 0.3) is 0 Å². The summed E-state index contributed by atoms with van der Waals surface area (Å²) in [4.78, 5) is 0. The minimum absolute atomic E-state index is 0.398. The molecule has 1 atom stereocenters. The third-order valence-electron chi connectivity index (χ3n) is 1.25. The molecule has 0 N–H and O–H groups in total. The summed E-state index contributed by atoms with van der Waals surface area (Å²) in [5, 5.41) is 0. The predicted octanol–water partition coefficient (Wildman–Crippen LogP) is 1.84. The van der Waals surface area contributed by atoms with Crippen LogP contribution in [0.1, 0.15) is 13.3 Å². The van der Waals surface area contributed by atoms with Gasteiger partial charge in [-0.2, -0.15) is 0 Å². The highest BCUT2D eigenvalue weighted by atomic mass is 16.6. The van der Waals surface area contributed by atoms with Gasteiger partial charge in [0.1, 0.15) is 12.0 Å². The molecular formula is C8H12O2. The second-order valence-corrected chi connectivity index (χ2v) is 2.16. The van der Waals surface area contributed by atoms with Gasteiger partial charge in [-0.1, -0.05) is 13.0 Å². The summed E-state index contributed by atoms with van der Waals surface area (Å²) in [5.41, 5.74) is 0. The van der Waals surface area contributed by atoms with E-state index in [0.29, 0.717) is 6.10 Å². The lowest BCUT2D eigenvalue weighted by Gasteiger charge is -1.66. The zero-order chi connectivity index (χ0) is 7.40. The number of epoxide rings is 1. The molecule has 1 saturated heterocycles. The Labute approximate surface area is 61.1 Å². The van der Waals surface area contributed by atoms with Gasteiger partial charge in [-0.25, -0.2) is 0 Å². The molecule has 56 valence electrons. The minimum atomic E-state index is 0.398. The molecule has 1 fully saturated rings. The molecule has 0 aromatic rings. The van der Waals surface area contributed by atoms with Crippen LogP contribution >= 0.6 is 0 Å². The van der Waals surface area contributed by atoms with Crippen molar-refractivity contribution in [2.75, 3.05) is 6.61 Å². The maximum Gasteiger partial charge on any atom is 0.138 e. The van der Waals surface area contributed by atoms with Gasteiger partial charge in [-0.05, 0) is 0 Å². The fourth-order valence-corrected chi connectivity index (χ4v) is 0.400. The van der Waals surface area contributed by atoms with Crippen LogP contribution in [0.3, 0.4) is 0 Å². The lowest BCUT2D eigenvalue weighted by Crippen LogP contribution is -1.65. The molecule has 2 nitrogen and oxygen atoms in total. The van der Waals surface area contributed by atoms with Crippen LogP contribution in [-0.4, -0.2) is 12.7 Å². The molecule has 2 heterocycles. The van der Waals surface area contributed by atoms with E-state index in [1.807, 2.05) is 0 Å². The molecule has 0 aliphatic carbocycles. The smallest absolute Gasteiger partial charge is 0.138 e. The first-order valence-electron chi connectivity index (χ1n) is 3.46. The van der Waals surface area contributed by atoms with Crippen LogP contribution in [0, 0.1) is 0 Å². The third kappa shape index (κ3) is 3.30. The Morgan fingerprint density at radius 1 is 1.90 bits per heavy atom. The Kier molecular flexibility index (Phi) is 2.51. The standard InChI is InChI=1S/2C4H6O/c2*1-2-4-3-5-4/h3H,2H2,1H3;2,4H,1,3H2. The Morgan fingerprint density at radius 3 is 2.50 bits per heavy atom. The first-order chi connectivity index (χ1) is 4.86. The maximum absolute atomic E-state index is 4.74. The first kappa shape index (κ1) is 7.35. The van der Waals surface area contributed by atoms with Gasteiger partial charge in [0, 0.05) is 6.42 Å². The summed E-state index contributed by atoms with van der Waals surface area (Å²) >= 11 is 0. The average molecular weight is 140 g/mol. The molecule has 0 amide bonds. The summed E-state index contributed by atoms with van der Waals surface area (Å²) in [6.45, 7) is 6.46. The van der Waals surface area contributed by atoms with Gasteiger partial charge in [0.15, 0.2) is 0 Å².